The van der Waals surface area contributed by atoms with Crippen LogP contribution in [-0.2, 0) is 6.42 Å². The number of nitrogens with zero attached hydrogens (tertiary/aromatic N) is 2. The van der Waals surface area contributed by atoms with Crippen molar-refractivity contribution in [2.45, 2.75) is 30.1 Å². The molecule has 0 spiro atoms. The van der Waals surface area contributed by atoms with Crippen LogP contribution < -0.4 is 5.32 Å². The SMILES string of the molecule is CC.O=C(NCCc1cccnc1)c1ccc2c(c1)N=C(c1cccc(F)c1)c1ccccc1S2. The Hall–Kier alpha value is -3.77. The average Bonchev–Trinajstić information content (AvgIpc) is 3.07. The van der Waals surface area contributed by atoms with Crippen molar-refractivity contribution in [1.29, 1.82) is 0 Å². The van der Waals surface area contributed by atoms with Gasteiger partial charge in [0.2, 0.25) is 0 Å². The lowest BCUT2D eigenvalue weighted by Crippen LogP contribution is -2.25. The second-order valence-corrected chi connectivity index (χ2v) is 8.70. The van der Waals surface area contributed by atoms with E-state index in [0.717, 1.165) is 20.9 Å². The van der Waals surface area contributed by atoms with E-state index in [1.165, 1.54) is 12.1 Å². The molecule has 1 aliphatic rings. The first kappa shape index (κ1) is 24.4. The van der Waals surface area contributed by atoms with Crippen molar-refractivity contribution in [3.63, 3.8) is 0 Å². The fourth-order valence-corrected chi connectivity index (χ4v) is 4.71. The molecule has 0 bridgehead atoms. The van der Waals surface area contributed by atoms with Gasteiger partial charge in [0.15, 0.2) is 0 Å². The second-order valence-electron chi connectivity index (χ2n) is 7.62. The van der Waals surface area contributed by atoms with E-state index in [2.05, 4.69) is 10.3 Å². The number of carbonyl (C=O) groups is 1. The lowest BCUT2D eigenvalue weighted by atomic mass is 10.0. The summed E-state index contributed by atoms with van der Waals surface area (Å²) in [6.45, 7) is 4.51. The Bertz CT molecular complexity index is 1360. The summed E-state index contributed by atoms with van der Waals surface area (Å²) in [4.78, 5) is 23.8. The molecule has 0 fully saturated rings. The summed E-state index contributed by atoms with van der Waals surface area (Å²) < 4.78 is 14.0. The number of pyridine rings is 1. The molecule has 4 aromatic rings. The van der Waals surface area contributed by atoms with E-state index in [-0.39, 0.29) is 11.7 Å². The monoisotopic (exact) mass is 483 g/mol. The number of aromatic nitrogens is 1. The van der Waals surface area contributed by atoms with Crippen LogP contribution in [0.25, 0.3) is 0 Å². The number of hydrogen-bond acceptors (Lipinski definition) is 4. The van der Waals surface area contributed by atoms with Crippen LogP contribution in [0.5, 0.6) is 0 Å². The van der Waals surface area contributed by atoms with Gasteiger partial charge in [-0.3, -0.25) is 9.78 Å². The van der Waals surface area contributed by atoms with Crippen LogP contribution in [0, 0.1) is 5.82 Å². The average molecular weight is 484 g/mol. The second kappa shape index (κ2) is 11.6. The molecular weight excluding hydrogens is 457 g/mol. The van der Waals surface area contributed by atoms with Crippen molar-refractivity contribution >= 4 is 29.1 Å². The fraction of sp³-hybridized carbons (Fsp3) is 0.138. The molecule has 0 aliphatic carbocycles. The molecule has 0 saturated carbocycles. The minimum Gasteiger partial charge on any atom is -0.352 e. The molecule has 1 aromatic heterocycles. The number of aliphatic imine (C=N–C) groups is 1. The Kier molecular flexibility index (Phi) is 8.06. The topological polar surface area (TPSA) is 54.4 Å². The van der Waals surface area contributed by atoms with Crippen LogP contribution in [0.3, 0.4) is 0 Å². The lowest BCUT2D eigenvalue weighted by Gasteiger charge is -2.09. The minimum absolute atomic E-state index is 0.157. The summed E-state index contributed by atoms with van der Waals surface area (Å²) in [5.41, 5.74) is 4.61. The summed E-state index contributed by atoms with van der Waals surface area (Å²) in [6.07, 6.45) is 4.23. The molecule has 0 saturated heterocycles. The Morgan fingerprint density at radius 2 is 1.80 bits per heavy atom. The molecule has 4 nitrogen and oxygen atoms in total. The maximum atomic E-state index is 14.0. The van der Waals surface area contributed by atoms with E-state index in [1.54, 1.807) is 36.3 Å². The van der Waals surface area contributed by atoms with Gasteiger partial charge >= 0.3 is 0 Å². The van der Waals surface area contributed by atoms with E-state index in [4.69, 9.17) is 4.99 Å². The fourth-order valence-electron chi connectivity index (χ4n) is 3.71. The highest BCUT2D eigenvalue weighted by molar-refractivity contribution is 7.99. The van der Waals surface area contributed by atoms with Gasteiger partial charge in [-0.15, -0.1) is 0 Å². The summed E-state index contributed by atoms with van der Waals surface area (Å²) >= 11 is 1.59. The predicted molar refractivity (Wildman–Crippen MR) is 140 cm³/mol. The van der Waals surface area contributed by atoms with Gasteiger partial charge in [-0.1, -0.05) is 62.0 Å². The van der Waals surface area contributed by atoms with E-state index < -0.39 is 0 Å². The van der Waals surface area contributed by atoms with Crippen molar-refractivity contribution < 1.29 is 9.18 Å². The van der Waals surface area contributed by atoms with Crippen LogP contribution in [0.2, 0.25) is 0 Å². The quantitative estimate of drug-likeness (QED) is 0.297. The zero-order chi connectivity index (χ0) is 24.6. The molecule has 3 aromatic carbocycles. The van der Waals surface area contributed by atoms with Gasteiger partial charge in [0.25, 0.3) is 5.91 Å². The molecule has 0 radical (unpaired) electrons. The van der Waals surface area contributed by atoms with Crippen LogP contribution in [0.1, 0.15) is 40.9 Å². The largest absolute Gasteiger partial charge is 0.352 e. The summed E-state index contributed by atoms with van der Waals surface area (Å²) in [7, 11) is 0. The number of amides is 1. The van der Waals surface area contributed by atoms with Gasteiger partial charge in [-0.25, -0.2) is 9.38 Å². The summed E-state index contributed by atoms with van der Waals surface area (Å²) in [6, 6.07) is 23.8. The van der Waals surface area contributed by atoms with E-state index in [1.807, 2.05) is 68.4 Å². The lowest BCUT2D eigenvalue weighted by molar-refractivity contribution is 0.0954. The number of fused-ring (bicyclic) bond motifs is 2. The third-order valence-electron chi connectivity index (χ3n) is 5.34. The number of hydrogen-bond donors (Lipinski definition) is 1. The highest BCUT2D eigenvalue weighted by atomic mass is 32.2. The zero-order valence-electron chi connectivity index (χ0n) is 19.7. The van der Waals surface area contributed by atoms with E-state index in [9.17, 15) is 9.18 Å². The van der Waals surface area contributed by atoms with E-state index in [0.29, 0.717) is 35.5 Å². The first-order chi connectivity index (χ1) is 17.2. The molecule has 6 heteroatoms. The van der Waals surface area contributed by atoms with Crippen molar-refractivity contribution in [2.24, 2.45) is 4.99 Å². The third-order valence-corrected chi connectivity index (χ3v) is 6.48. The highest BCUT2D eigenvalue weighted by Crippen LogP contribution is 2.41. The van der Waals surface area contributed by atoms with Gasteiger partial charge in [0, 0.05) is 45.4 Å². The van der Waals surface area contributed by atoms with Crippen molar-refractivity contribution in [3.05, 3.63) is 119 Å². The van der Waals surface area contributed by atoms with Crippen molar-refractivity contribution in [1.82, 2.24) is 10.3 Å². The van der Waals surface area contributed by atoms with Gasteiger partial charge in [0.1, 0.15) is 5.82 Å². The van der Waals surface area contributed by atoms with Crippen LogP contribution in [0.4, 0.5) is 10.1 Å². The van der Waals surface area contributed by atoms with Gasteiger partial charge in [-0.05, 0) is 54.4 Å². The Morgan fingerprint density at radius 1 is 0.943 bits per heavy atom. The molecule has 1 aliphatic heterocycles. The highest BCUT2D eigenvalue weighted by Gasteiger charge is 2.20. The standard InChI is InChI=1S/C27H20FN3OS.C2H6/c28-21-7-3-6-19(15-21)26-22-8-1-2-9-24(22)33-25-11-10-20(16-23(25)31-26)27(32)30-14-12-18-5-4-13-29-17-18;1-2/h1-11,13,15-17H,12,14H2,(H,30,32);1-2H3. The first-order valence-corrected chi connectivity index (χ1v) is 12.4. The number of rotatable bonds is 5. The van der Waals surface area contributed by atoms with Crippen LogP contribution >= 0.6 is 11.8 Å². The Balaban J connectivity index is 0.00000141. The van der Waals surface area contributed by atoms with Gasteiger partial charge < -0.3 is 5.32 Å². The predicted octanol–water partition coefficient (Wildman–Crippen LogP) is 6.85. The van der Waals surface area contributed by atoms with Gasteiger partial charge in [0.05, 0.1) is 11.4 Å². The maximum Gasteiger partial charge on any atom is 0.251 e. The Labute approximate surface area is 209 Å². The van der Waals surface area contributed by atoms with Gasteiger partial charge in [-0.2, -0.15) is 0 Å². The first-order valence-electron chi connectivity index (χ1n) is 11.6. The molecule has 176 valence electrons. The number of carbonyl (C=O) groups excluding carboxylic acids is 1. The van der Waals surface area contributed by atoms with Crippen molar-refractivity contribution in [2.75, 3.05) is 6.54 Å². The minimum atomic E-state index is -0.313. The summed E-state index contributed by atoms with van der Waals surface area (Å²) in [5, 5.41) is 2.97. The molecule has 1 N–H and O–H groups in total. The maximum absolute atomic E-state index is 14.0. The molecule has 2 heterocycles. The molecule has 1 amide bonds. The Morgan fingerprint density at radius 3 is 2.60 bits per heavy atom. The zero-order valence-corrected chi connectivity index (χ0v) is 20.5. The normalized spacial score (nSPS) is 11.7. The number of nitrogens with one attached hydrogen (secondary N) is 1. The molecule has 35 heavy (non-hydrogen) atoms. The number of halogens is 1. The molecular formula is C29H26FN3OS. The number of benzene rings is 3. The molecule has 0 unspecified atom stereocenters. The third kappa shape index (κ3) is 5.84. The van der Waals surface area contributed by atoms with Crippen LogP contribution in [-0.4, -0.2) is 23.1 Å². The summed E-state index contributed by atoms with van der Waals surface area (Å²) in [5.74, 6) is -0.470. The smallest absolute Gasteiger partial charge is 0.251 e. The molecule has 5 rings (SSSR count). The van der Waals surface area contributed by atoms with Crippen LogP contribution in [0.15, 0.2) is 106 Å². The van der Waals surface area contributed by atoms with Crippen molar-refractivity contribution in [3.8, 4) is 0 Å². The molecule has 0 atom stereocenters. The van der Waals surface area contributed by atoms with E-state index >= 15 is 0 Å².